The van der Waals surface area contributed by atoms with Crippen molar-refractivity contribution in [2.75, 3.05) is 11.9 Å². The Balaban J connectivity index is 1.97. The summed E-state index contributed by atoms with van der Waals surface area (Å²) in [5.74, 6) is 0.0263. The van der Waals surface area contributed by atoms with E-state index in [2.05, 4.69) is 25.1 Å². The molecular weight excluding hydrogens is 388 g/mol. The van der Waals surface area contributed by atoms with E-state index in [-0.39, 0.29) is 11.4 Å². The summed E-state index contributed by atoms with van der Waals surface area (Å²) in [6.45, 7) is 1.72. The summed E-state index contributed by atoms with van der Waals surface area (Å²) in [6.07, 6.45) is -4.76. The van der Waals surface area contributed by atoms with Crippen molar-refractivity contribution in [3.63, 3.8) is 0 Å². The molecule has 0 spiro atoms. The number of nitrogens with zero attached hydrogens (tertiary/aromatic N) is 5. The molecule has 0 bridgehead atoms. The van der Waals surface area contributed by atoms with Crippen LogP contribution >= 0.6 is 0 Å². The SMILES string of the molecule is Cc1nc(N(C)c2nc(-c3ccc(F)cc3C(F)(F)F)nc3ccccc23)n[nH]1. The quantitative estimate of drug-likeness (QED) is 0.505. The second-order valence-corrected chi connectivity index (χ2v) is 6.36. The average Bonchev–Trinajstić information content (AvgIpc) is 3.12. The number of H-pyrrole nitrogens is 1. The Kier molecular flexibility index (Phi) is 4.40. The number of para-hydroxylation sites is 1. The molecule has 0 saturated heterocycles. The molecule has 2 heterocycles. The van der Waals surface area contributed by atoms with Crippen LogP contribution in [0.15, 0.2) is 42.5 Å². The monoisotopic (exact) mass is 402 g/mol. The summed E-state index contributed by atoms with van der Waals surface area (Å²) in [4.78, 5) is 14.4. The van der Waals surface area contributed by atoms with Crippen molar-refractivity contribution >= 4 is 22.7 Å². The zero-order valence-electron chi connectivity index (χ0n) is 15.3. The van der Waals surface area contributed by atoms with Gasteiger partial charge in [-0.25, -0.2) is 14.4 Å². The number of aromatic amines is 1. The number of benzene rings is 2. The van der Waals surface area contributed by atoms with Crippen LogP contribution in [-0.2, 0) is 6.18 Å². The molecule has 10 heteroatoms. The molecule has 0 fully saturated rings. The molecule has 4 aromatic rings. The largest absolute Gasteiger partial charge is 0.417 e. The van der Waals surface area contributed by atoms with Crippen molar-refractivity contribution in [1.29, 1.82) is 0 Å². The average molecular weight is 402 g/mol. The minimum atomic E-state index is -4.76. The first-order valence-electron chi connectivity index (χ1n) is 8.50. The smallest absolute Gasteiger partial charge is 0.296 e. The van der Waals surface area contributed by atoms with Crippen LogP contribution in [0.2, 0.25) is 0 Å². The third-order valence-electron chi connectivity index (χ3n) is 4.31. The second kappa shape index (κ2) is 6.80. The molecule has 0 aliphatic carbocycles. The fraction of sp³-hybridized carbons (Fsp3) is 0.158. The summed E-state index contributed by atoms with van der Waals surface area (Å²) >= 11 is 0. The lowest BCUT2D eigenvalue weighted by Crippen LogP contribution is -2.15. The van der Waals surface area contributed by atoms with Crippen molar-refractivity contribution in [2.45, 2.75) is 13.1 Å². The lowest BCUT2D eigenvalue weighted by molar-refractivity contribution is -0.137. The third-order valence-corrected chi connectivity index (χ3v) is 4.31. The highest BCUT2D eigenvalue weighted by atomic mass is 19.4. The van der Waals surface area contributed by atoms with Crippen molar-refractivity contribution in [3.05, 3.63) is 59.7 Å². The molecule has 6 nitrogen and oxygen atoms in total. The molecule has 29 heavy (non-hydrogen) atoms. The molecule has 2 aromatic carbocycles. The van der Waals surface area contributed by atoms with E-state index in [0.717, 1.165) is 12.1 Å². The van der Waals surface area contributed by atoms with E-state index in [1.54, 1.807) is 43.1 Å². The standard InChI is InChI=1S/C19H14F4N6/c1-10-24-18(28-27-10)29(2)17-13-5-3-4-6-15(13)25-16(26-17)12-8-7-11(20)9-14(12)19(21,22)23/h3-9H,1-2H3,(H,24,27,28). The number of hydrogen-bond donors (Lipinski definition) is 1. The van der Waals surface area contributed by atoms with E-state index in [0.29, 0.717) is 34.6 Å². The predicted octanol–water partition coefficient (Wildman–Crippen LogP) is 4.65. The summed E-state index contributed by atoms with van der Waals surface area (Å²) < 4.78 is 54.0. The number of alkyl halides is 3. The molecule has 0 saturated carbocycles. The van der Waals surface area contributed by atoms with Crippen LogP contribution in [0.4, 0.5) is 29.3 Å². The van der Waals surface area contributed by atoms with E-state index in [9.17, 15) is 17.6 Å². The number of rotatable bonds is 3. The minimum Gasteiger partial charge on any atom is -0.296 e. The zero-order chi connectivity index (χ0) is 20.8. The van der Waals surface area contributed by atoms with Gasteiger partial charge in [-0.15, -0.1) is 5.10 Å². The lowest BCUT2D eigenvalue weighted by Gasteiger charge is -2.18. The normalized spacial score (nSPS) is 11.8. The number of aryl methyl sites for hydroxylation is 1. The van der Waals surface area contributed by atoms with E-state index in [1.165, 1.54) is 0 Å². The molecule has 2 aromatic heterocycles. The lowest BCUT2D eigenvalue weighted by atomic mass is 10.1. The molecule has 0 unspecified atom stereocenters. The van der Waals surface area contributed by atoms with Crippen LogP contribution in [0.25, 0.3) is 22.3 Å². The summed E-state index contributed by atoms with van der Waals surface area (Å²) in [6, 6.07) is 9.32. The van der Waals surface area contributed by atoms with E-state index in [4.69, 9.17) is 0 Å². The molecule has 4 rings (SSSR count). The highest BCUT2D eigenvalue weighted by Crippen LogP contribution is 2.38. The molecule has 1 N–H and O–H groups in total. The van der Waals surface area contributed by atoms with Crippen molar-refractivity contribution in [2.24, 2.45) is 0 Å². The van der Waals surface area contributed by atoms with Gasteiger partial charge < -0.3 is 0 Å². The maximum atomic E-state index is 13.5. The van der Waals surface area contributed by atoms with Crippen molar-refractivity contribution in [3.8, 4) is 11.4 Å². The van der Waals surface area contributed by atoms with E-state index < -0.39 is 17.6 Å². The summed E-state index contributed by atoms with van der Waals surface area (Å²) in [5, 5.41) is 7.39. The second-order valence-electron chi connectivity index (χ2n) is 6.36. The highest BCUT2D eigenvalue weighted by molar-refractivity contribution is 5.92. The highest BCUT2D eigenvalue weighted by Gasteiger charge is 2.35. The van der Waals surface area contributed by atoms with Gasteiger partial charge in [0.25, 0.3) is 0 Å². The Morgan fingerprint density at radius 2 is 1.76 bits per heavy atom. The van der Waals surface area contributed by atoms with Gasteiger partial charge in [0.15, 0.2) is 5.82 Å². The first kappa shape index (κ1) is 18.8. The van der Waals surface area contributed by atoms with Crippen LogP contribution < -0.4 is 4.90 Å². The van der Waals surface area contributed by atoms with Gasteiger partial charge in [0.2, 0.25) is 5.95 Å². The predicted molar refractivity (Wildman–Crippen MR) is 99.1 cm³/mol. The number of hydrogen-bond acceptors (Lipinski definition) is 5. The summed E-state index contributed by atoms with van der Waals surface area (Å²) in [5.41, 5.74) is -1.02. The number of halogens is 4. The van der Waals surface area contributed by atoms with Crippen LogP contribution in [0.1, 0.15) is 11.4 Å². The van der Waals surface area contributed by atoms with Crippen LogP contribution in [0, 0.1) is 12.7 Å². The Morgan fingerprint density at radius 3 is 2.45 bits per heavy atom. The van der Waals surface area contributed by atoms with E-state index in [1.807, 2.05) is 0 Å². The molecule has 0 amide bonds. The Morgan fingerprint density at radius 1 is 1.00 bits per heavy atom. The van der Waals surface area contributed by atoms with Gasteiger partial charge in [0.05, 0.1) is 11.1 Å². The van der Waals surface area contributed by atoms with Gasteiger partial charge in [0, 0.05) is 18.0 Å². The Hall–Kier alpha value is -3.56. The van der Waals surface area contributed by atoms with Crippen LogP contribution in [-0.4, -0.2) is 32.2 Å². The van der Waals surface area contributed by atoms with Crippen LogP contribution in [0.5, 0.6) is 0 Å². The number of nitrogens with one attached hydrogen (secondary N) is 1. The maximum absolute atomic E-state index is 13.5. The van der Waals surface area contributed by atoms with Gasteiger partial charge in [-0.05, 0) is 37.3 Å². The molecular formula is C19H14F4N6. The molecule has 148 valence electrons. The first-order valence-corrected chi connectivity index (χ1v) is 8.50. The topological polar surface area (TPSA) is 70.6 Å². The fourth-order valence-corrected chi connectivity index (χ4v) is 2.96. The Labute approximate surface area is 162 Å². The van der Waals surface area contributed by atoms with Gasteiger partial charge >= 0.3 is 6.18 Å². The zero-order valence-corrected chi connectivity index (χ0v) is 15.3. The maximum Gasteiger partial charge on any atom is 0.417 e. The van der Waals surface area contributed by atoms with Crippen molar-refractivity contribution in [1.82, 2.24) is 25.1 Å². The molecule has 0 aliphatic rings. The van der Waals surface area contributed by atoms with Gasteiger partial charge in [-0.2, -0.15) is 18.2 Å². The van der Waals surface area contributed by atoms with Gasteiger partial charge in [-0.3, -0.25) is 10.00 Å². The molecule has 0 aliphatic heterocycles. The van der Waals surface area contributed by atoms with Gasteiger partial charge in [0.1, 0.15) is 17.5 Å². The summed E-state index contributed by atoms with van der Waals surface area (Å²) in [7, 11) is 1.65. The minimum absolute atomic E-state index is 0.176. The Bertz CT molecular complexity index is 1200. The van der Waals surface area contributed by atoms with E-state index >= 15 is 0 Å². The molecule has 0 atom stereocenters. The number of anilines is 2. The molecule has 0 radical (unpaired) electrons. The first-order chi connectivity index (χ1) is 13.7. The third kappa shape index (κ3) is 3.48. The van der Waals surface area contributed by atoms with Crippen LogP contribution in [0.3, 0.4) is 0 Å². The fourth-order valence-electron chi connectivity index (χ4n) is 2.96. The number of fused-ring (bicyclic) bond motifs is 1. The number of aromatic nitrogens is 5. The van der Waals surface area contributed by atoms with Crippen molar-refractivity contribution < 1.29 is 17.6 Å². The van der Waals surface area contributed by atoms with Gasteiger partial charge in [-0.1, -0.05) is 12.1 Å².